The quantitative estimate of drug-likeness (QED) is 0.769. The van der Waals surface area contributed by atoms with Crippen LogP contribution in [0.4, 0.5) is 11.5 Å². The van der Waals surface area contributed by atoms with Gasteiger partial charge in [0.25, 0.3) is 0 Å². The third-order valence-electron chi connectivity index (χ3n) is 2.82. The summed E-state index contributed by atoms with van der Waals surface area (Å²) in [5.74, 6) is 1.56. The van der Waals surface area contributed by atoms with E-state index in [-0.39, 0.29) is 0 Å². The monoisotopic (exact) mass is 338 g/mol. The highest BCUT2D eigenvalue weighted by molar-refractivity contribution is 9.10. The fourth-order valence-corrected chi connectivity index (χ4v) is 2.19. The zero-order valence-electron chi connectivity index (χ0n) is 10.8. The molecule has 0 spiro atoms. The minimum absolute atomic E-state index is 0.700. The zero-order valence-corrected chi connectivity index (χ0v) is 13.1. The summed E-state index contributed by atoms with van der Waals surface area (Å²) in [4.78, 5) is 4.48. The molecule has 2 nitrogen and oxygen atoms in total. The van der Waals surface area contributed by atoms with Gasteiger partial charge < -0.3 is 5.32 Å². The molecule has 0 aliphatic heterocycles. The Bertz CT molecular complexity index is 558. The van der Waals surface area contributed by atoms with Crippen molar-refractivity contribution in [1.82, 2.24) is 4.98 Å². The highest BCUT2D eigenvalue weighted by Gasteiger charge is 2.01. The Morgan fingerprint density at radius 1 is 1.26 bits per heavy atom. The highest BCUT2D eigenvalue weighted by atomic mass is 79.9. The van der Waals surface area contributed by atoms with Crippen molar-refractivity contribution in [2.45, 2.75) is 19.8 Å². The number of alkyl halides is 1. The summed E-state index contributed by atoms with van der Waals surface area (Å²) in [6.45, 7) is 1.98. The molecule has 0 atom stereocenters. The molecule has 0 unspecified atom stereocenters. The topological polar surface area (TPSA) is 24.9 Å². The molecule has 1 aromatic carbocycles. The maximum absolute atomic E-state index is 5.72. The molecule has 2 rings (SSSR count). The van der Waals surface area contributed by atoms with Crippen molar-refractivity contribution in [2.24, 2.45) is 0 Å². The first-order chi connectivity index (χ1) is 9.19. The maximum atomic E-state index is 5.72. The van der Waals surface area contributed by atoms with Crippen LogP contribution in [0.1, 0.15) is 17.7 Å². The van der Waals surface area contributed by atoms with Gasteiger partial charge >= 0.3 is 0 Å². The van der Waals surface area contributed by atoms with E-state index in [1.165, 1.54) is 5.56 Å². The van der Waals surface area contributed by atoms with E-state index >= 15 is 0 Å². The molecule has 1 aromatic heterocycles. The summed E-state index contributed by atoms with van der Waals surface area (Å²) in [5, 5.41) is 3.32. The van der Waals surface area contributed by atoms with Crippen LogP contribution < -0.4 is 5.32 Å². The number of rotatable bonds is 5. The van der Waals surface area contributed by atoms with Crippen molar-refractivity contribution in [1.29, 1.82) is 0 Å². The van der Waals surface area contributed by atoms with E-state index in [1.807, 2.05) is 25.1 Å². The number of hydrogen-bond donors (Lipinski definition) is 1. The average molecular weight is 340 g/mol. The molecule has 1 heterocycles. The van der Waals surface area contributed by atoms with Crippen LogP contribution >= 0.6 is 27.5 Å². The number of aryl methyl sites for hydroxylation is 2. The number of hydrogen-bond acceptors (Lipinski definition) is 2. The first-order valence-corrected chi connectivity index (χ1v) is 7.57. The third kappa shape index (κ3) is 4.22. The van der Waals surface area contributed by atoms with E-state index in [9.17, 15) is 0 Å². The first kappa shape index (κ1) is 14.4. The fourth-order valence-electron chi connectivity index (χ4n) is 1.84. The summed E-state index contributed by atoms with van der Waals surface area (Å²) in [6.07, 6.45) is 2.01. The van der Waals surface area contributed by atoms with Gasteiger partial charge in [0.1, 0.15) is 5.82 Å². The Balaban J connectivity index is 2.11. The predicted octanol–water partition coefficient (Wildman–Crippen LogP) is 5.07. The minimum Gasteiger partial charge on any atom is -0.340 e. The lowest BCUT2D eigenvalue weighted by Crippen LogP contribution is -1.96. The van der Waals surface area contributed by atoms with Crippen LogP contribution in [-0.2, 0) is 6.42 Å². The number of nitrogens with one attached hydrogen (secondary N) is 1. The number of nitrogens with zero attached hydrogens (tertiary/aromatic N) is 1. The first-order valence-electron chi connectivity index (χ1n) is 6.24. The molecule has 19 heavy (non-hydrogen) atoms. The van der Waals surface area contributed by atoms with Crippen LogP contribution in [0.2, 0.25) is 0 Å². The average Bonchev–Trinajstić information content (AvgIpc) is 2.41. The molecular weight excluding hydrogens is 324 g/mol. The molecule has 0 aliphatic rings. The van der Waals surface area contributed by atoms with Gasteiger partial charge in [-0.15, -0.1) is 11.6 Å². The van der Waals surface area contributed by atoms with Gasteiger partial charge in [0.05, 0.1) is 5.69 Å². The van der Waals surface area contributed by atoms with E-state index in [2.05, 4.69) is 44.4 Å². The van der Waals surface area contributed by atoms with Crippen LogP contribution in [0.5, 0.6) is 0 Å². The van der Waals surface area contributed by atoms with Crippen LogP contribution in [0.15, 0.2) is 40.9 Å². The van der Waals surface area contributed by atoms with Crippen LogP contribution in [0.25, 0.3) is 0 Å². The molecular formula is C15H16BrClN2. The molecule has 0 amide bonds. The van der Waals surface area contributed by atoms with Gasteiger partial charge in [-0.1, -0.05) is 12.1 Å². The van der Waals surface area contributed by atoms with Gasteiger partial charge in [-0.2, -0.15) is 0 Å². The van der Waals surface area contributed by atoms with E-state index in [0.717, 1.165) is 34.5 Å². The van der Waals surface area contributed by atoms with E-state index in [0.29, 0.717) is 5.88 Å². The standard InChI is InChI=1S/C15H16BrClN2/c1-11-14(16)7-8-15(18-11)19-13-6-2-4-12(10-13)5-3-9-17/h2,4,6-8,10H,3,5,9H2,1H3,(H,18,19). The van der Waals surface area contributed by atoms with Crippen molar-refractivity contribution in [3.63, 3.8) is 0 Å². The van der Waals surface area contributed by atoms with E-state index < -0.39 is 0 Å². The van der Waals surface area contributed by atoms with Crippen LogP contribution in [-0.4, -0.2) is 10.9 Å². The van der Waals surface area contributed by atoms with Crippen molar-refractivity contribution in [3.8, 4) is 0 Å². The fraction of sp³-hybridized carbons (Fsp3) is 0.267. The van der Waals surface area contributed by atoms with Crippen LogP contribution in [0.3, 0.4) is 0 Å². The van der Waals surface area contributed by atoms with E-state index in [4.69, 9.17) is 11.6 Å². The van der Waals surface area contributed by atoms with Crippen molar-refractivity contribution >= 4 is 39.0 Å². The second-order valence-electron chi connectivity index (χ2n) is 4.38. The van der Waals surface area contributed by atoms with Gasteiger partial charge in [-0.05, 0) is 65.5 Å². The molecule has 0 fully saturated rings. The number of benzene rings is 1. The Morgan fingerprint density at radius 3 is 2.84 bits per heavy atom. The summed E-state index contributed by atoms with van der Waals surface area (Å²) in [7, 11) is 0. The molecule has 0 saturated carbocycles. The SMILES string of the molecule is Cc1nc(Nc2cccc(CCCCl)c2)ccc1Br. The number of pyridine rings is 1. The maximum Gasteiger partial charge on any atom is 0.130 e. The smallest absolute Gasteiger partial charge is 0.130 e. The molecule has 2 aromatic rings. The third-order valence-corrected chi connectivity index (χ3v) is 3.93. The molecule has 100 valence electrons. The van der Waals surface area contributed by atoms with Crippen LogP contribution in [0, 0.1) is 6.92 Å². The molecule has 0 aliphatic carbocycles. The Kier molecular flexibility index (Phi) is 5.23. The summed E-state index contributed by atoms with van der Waals surface area (Å²) >= 11 is 9.18. The van der Waals surface area contributed by atoms with Gasteiger partial charge in [0.15, 0.2) is 0 Å². The Labute approximate surface area is 127 Å². The molecule has 1 N–H and O–H groups in total. The lowest BCUT2D eigenvalue weighted by Gasteiger charge is -2.09. The number of aromatic nitrogens is 1. The van der Waals surface area contributed by atoms with Gasteiger partial charge in [-0.25, -0.2) is 4.98 Å². The van der Waals surface area contributed by atoms with Crippen molar-refractivity contribution < 1.29 is 0 Å². The van der Waals surface area contributed by atoms with Crippen molar-refractivity contribution in [2.75, 3.05) is 11.2 Å². The normalized spacial score (nSPS) is 10.5. The lowest BCUT2D eigenvalue weighted by molar-refractivity contribution is 0.929. The Morgan fingerprint density at radius 2 is 2.11 bits per heavy atom. The molecule has 0 bridgehead atoms. The number of anilines is 2. The Hall–Kier alpha value is -1.06. The second-order valence-corrected chi connectivity index (χ2v) is 5.61. The van der Waals surface area contributed by atoms with Gasteiger partial charge in [0.2, 0.25) is 0 Å². The summed E-state index contributed by atoms with van der Waals surface area (Å²) < 4.78 is 1.02. The molecule has 0 radical (unpaired) electrons. The number of halogens is 2. The highest BCUT2D eigenvalue weighted by Crippen LogP contribution is 2.20. The van der Waals surface area contributed by atoms with Gasteiger partial charge in [0, 0.05) is 16.0 Å². The second kappa shape index (κ2) is 6.92. The lowest BCUT2D eigenvalue weighted by atomic mass is 10.1. The summed E-state index contributed by atoms with van der Waals surface area (Å²) in [6, 6.07) is 12.3. The minimum atomic E-state index is 0.700. The molecule has 4 heteroatoms. The van der Waals surface area contributed by atoms with E-state index in [1.54, 1.807) is 0 Å². The largest absolute Gasteiger partial charge is 0.340 e. The zero-order chi connectivity index (χ0) is 13.7. The predicted molar refractivity (Wildman–Crippen MR) is 85.4 cm³/mol. The molecule has 0 saturated heterocycles. The van der Waals surface area contributed by atoms with Gasteiger partial charge in [-0.3, -0.25) is 0 Å². The summed E-state index contributed by atoms with van der Waals surface area (Å²) in [5.41, 5.74) is 3.32. The van der Waals surface area contributed by atoms with Crippen molar-refractivity contribution in [3.05, 3.63) is 52.1 Å².